The molecule has 3 aromatic carbocycles. The minimum absolute atomic E-state index is 0.0189. The lowest BCUT2D eigenvalue weighted by molar-refractivity contribution is -0.151. The van der Waals surface area contributed by atoms with Crippen LogP contribution < -0.4 is 10.4 Å². The molecule has 0 radical (unpaired) electrons. The number of aryl methyl sites for hydroxylation is 2. The molecule has 1 fully saturated rings. The monoisotopic (exact) mass is 913 g/mol. The highest BCUT2D eigenvalue weighted by molar-refractivity contribution is 6.99. The molecule has 3 aromatic rings. The number of rotatable bonds is 20. The summed E-state index contributed by atoms with van der Waals surface area (Å²) in [6, 6.07) is 26.9. The molecule has 1 heterocycles. The lowest BCUT2D eigenvalue weighted by Crippen LogP contribution is -2.67. The van der Waals surface area contributed by atoms with Gasteiger partial charge >= 0.3 is 5.97 Å². The van der Waals surface area contributed by atoms with Crippen molar-refractivity contribution in [3.63, 3.8) is 0 Å². The van der Waals surface area contributed by atoms with Crippen molar-refractivity contribution >= 4 is 47.1 Å². The fourth-order valence-electron chi connectivity index (χ4n) is 8.24. The van der Waals surface area contributed by atoms with E-state index in [1.807, 2.05) is 20.8 Å². The molecule has 6 nitrogen and oxygen atoms in total. The molecule has 0 spiro atoms. The van der Waals surface area contributed by atoms with Crippen molar-refractivity contribution in [1.82, 2.24) is 0 Å². The second-order valence-corrected chi connectivity index (χ2v) is 36.9. The van der Waals surface area contributed by atoms with E-state index < -0.39 is 30.5 Å². The van der Waals surface area contributed by atoms with Gasteiger partial charge < -0.3 is 23.1 Å². The second-order valence-electron chi connectivity index (χ2n) is 22.2. The van der Waals surface area contributed by atoms with Crippen LogP contribution in [-0.4, -0.2) is 67.5 Å². The lowest BCUT2D eigenvalue weighted by atomic mass is 9.92. The third-order valence-corrected chi connectivity index (χ3v) is 24.5. The Bertz CT molecular complexity index is 1930. The molecule has 0 aliphatic carbocycles. The van der Waals surface area contributed by atoms with Crippen LogP contribution in [0.2, 0.25) is 48.9 Å². The van der Waals surface area contributed by atoms with Crippen molar-refractivity contribution in [2.24, 2.45) is 5.92 Å². The third-order valence-electron chi connectivity index (χ3n) is 13.2. The number of carbonyl (C=O) groups is 1. The standard InChI is InChI=1S/C54H84O6Si3/c1-18-19-27-43-36-34-41(3)49(51(55)56-38-39-61(13,14)15)46(43)32-26-33-47-50(58-54(11,12)57-47)48(60-62(16,17)52(5,6)7)37-35-40(2)42(4)59-63(53(8,9)10,44-28-22-20-23-29-44)45-30-24-21-25-31-45/h20-26,28-32,34-37,40,42,47-48,50H,18-19,27,33,38-39H2,1-17H3/b32-26+,37-35-/t40-,42+,47+,48?,50+/m1/s1. The van der Waals surface area contributed by atoms with E-state index in [0.717, 1.165) is 36.4 Å². The Morgan fingerprint density at radius 2 is 1.40 bits per heavy atom. The Kier molecular flexibility index (Phi) is 18.1. The SMILES string of the molecule is CCCCc1ccc(C)c(C(=O)OCC[Si](C)(C)C)c1/C=C/C[C@@H]1OC(C)(C)O[C@@H]1C(/C=C\[C@@H](C)[C@H](C)O[Si](c1ccccc1)(c1ccccc1)C(C)(C)C)O[Si](C)(C)C(C)(C)C. The molecule has 1 saturated heterocycles. The van der Waals surface area contributed by atoms with E-state index in [0.29, 0.717) is 18.6 Å². The topological polar surface area (TPSA) is 63.2 Å². The summed E-state index contributed by atoms with van der Waals surface area (Å²) in [5.74, 6) is -0.978. The minimum atomic E-state index is -2.77. The number of unbranched alkanes of at least 4 members (excludes halogenated alkanes) is 1. The Balaban J connectivity index is 1.71. The Morgan fingerprint density at radius 3 is 1.92 bits per heavy atom. The van der Waals surface area contributed by atoms with E-state index in [1.54, 1.807) is 0 Å². The zero-order chi connectivity index (χ0) is 47.0. The molecule has 0 amide bonds. The molecule has 63 heavy (non-hydrogen) atoms. The molecule has 1 aliphatic rings. The van der Waals surface area contributed by atoms with Gasteiger partial charge in [-0.15, -0.1) is 0 Å². The number of esters is 1. The fourth-order valence-corrected chi connectivity index (χ4v) is 15.0. The molecule has 0 bridgehead atoms. The summed E-state index contributed by atoms with van der Waals surface area (Å²) in [4.78, 5) is 13.8. The Morgan fingerprint density at radius 1 is 0.810 bits per heavy atom. The first kappa shape index (κ1) is 52.7. The van der Waals surface area contributed by atoms with Crippen LogP contribution in [0.15, 0.2) is 91.0 Å². The molecule has 1 aliphatic heterocycles. The maximum atomic E-state index is 13.8. The average Bonchev–Trinajstić information content (AvgIpc) is 3.50. The van der Waals surface area contributed by atoms with Crippen LogP contribution in [0.4, 0.5) is 0 Å². The van der Waals surface area contributed by atoms with E-state index >= 15 is 0 Å². The highest BCUT2D eigenvalue weighted by atomic mass is 28.4. The largest absolute Gasteiger partial charge is 0.462 e. The van der Waals surface area contributed by atoms with Gasteiger partial charge in [-0.05, 0) is 109 Å². The van der Waals surface area contributed by atoms with Crippen molar-refractivity contribution < 1.29 is 27.9 Å². The summed E-state index contributed by atoms with van der Waals surface area (Å²) in [5, 5.41) is 2.39. The van der Waals surface area contributed by atoms with Crippen LogP contribution in [-0.2, 0) is 29.5 Å². The van der Waals surface area contributed by atoms with Crippen molar-refractivity contribution in [1.29, 1.82) is 0 Å². The smallest absolute Gasteiger partial charge is 0.339 e. The highest BCUT2D eigenvalue weighted by Crippen LogP contribution is 2.42. The van der Waals surface area contributed by atoms with E-state index in [2.05, 4.69) is 192 Å². The van der Waals surface area contributed by atoms with Gasteiger partial charge in [0.05, 0.1) is 24.4 Å². The summed E-state index contributed by atoms with van der Waals surface area (Å²) >= 11 is 0. The molecule has 1 unspecified atom stereocenters. The second kappa shape index (κ2) is 21.6. The molecule has 348 valence electrons. The fraction of sp³-hybridized carbons (Fsp3) is 0.574. The van der Waals surface area contributed by atoms with Crippen LogP contribution in [0.1, 0.15) is 122 Å². The predicted molar refractivity (Wildman–Crippen MR) is 274 cm³/mol. The van der Waals surface area contributed by atoms with Gasteiger partial charge in [-0.2, -0.15) is 0 Å². The highest BCUT2D eigenvalue weighted by Gasteiger charge is 2.52. The quantitative estimate of drug-likeness (QED) is 0.0639. The average molecular weight is 914 g/mol. The van der Waals surface area contributed by atoms with Crippen LogP contribution in [0, 0.1) is 12.8 Å². The van der Waals surface area contributed by atoms with Crippen molar-refractivity contribution in [2.45, 2.75) is 188 Å². The van der Waals surface area contributed by atoms with E-state index in [9.17, 15) is 4.79 Å². The van der Waals surface area contributed by atoms with Crippen LogP contribution in [0.25, 0.3) is 6.08 Å². The van der Waals surface area contributed by atoms with Gasteiger partial charge in [-0.3, -0.25) is 0 Å². The third kappa shape index (κ3) is 13.8. The predicted octanol–water partition coefficient (Wildman–Crippen LogP) is 13.3. The number of hydrogen-bond donors (Lipinski definition) is 0. The van der Waals surface area contributed by atoms with Gasteiger partial charge in [0.2, 0.25) is 0 Å². The first-order chi connectivity index (χ1) is 29.2. The lowest BCUT2D eigenvalue weighted by Gasteiger charge is -2.45. The summed E-state index contributed by atoms with van der Waals surface area (Å²) in [6.45, 7) is 38.5. The minimum Gasteiger partial charge on any atom is -0.462 e. The van der Waals surface area contributed by atoms with E-state index in [-0.39, 0.29) is 46.4 Å². The van der Waals surface area contributed by atoms with Crippen molar-refractivity contribution in [3.8, 4) is 0 Å². The molecular weight excluding hydrogens is 829 g/mol. The zero-order valence-corrected chi connectivity index (χ0v) is 45.3. The summed E-state index contributed by atoms with van der Waals surface area (Å²) in [5.41, 5.74) is 3.72. The number of carbonyl (C=O) groups excluding carboxylic acids is 1. The molecule has 5 atom stereocenters. The van der Waals surface area contributed by atoms with E-state index in [1.165, 1.54) is 15.9 Å². The van der Waals surface area contributed by atoms with Crippen LogP contribution >= 0.6 is 0 Å². The first-order valence-corrected chi connectivity index (χ1v) is 32.2. The van der Waals surface area contributed by atoms with Gasteiger partial charge in [-0.25, -0.2) is 4.79 Å². The van der Waals surface area contributed by atoms with Gasteiger partial charge in [0.1, 0.15) is 6.10 Å². The summed E-state index contributed by atoms with van der Waals surface area (Å²) in [7, 11) is -6.43. The zero-order valence-electron chi connectivity index (χ0n) is 42.3. The normalized spacial score (nSPS) is 19.1. The Labute approximate surface area is 386 Å². The first-order valence-electron chi connectivity index (χ1n) is 23.7. The maximum Gasteiger partial charge on any atom is 0.339 e. The number of ether oxygens (including phenoxy) is 3. The van der Waals surface area contributed by atoms with Gasteiger partial charge in [0, 0.05) is 14.2 Å². The summed E-state index contributed by atoms with van der Waals surface area (Å²) in [6.07, 6.45) is 11.3. The molecule has 0 saturated carbocycles. The Hall–Kier alpha value is -2.90. The van der Waals surface area contributed by atoms with Gasteiger partial charge in [0.25, 0.3) is 8.32 Å². The van der Waals surface area contributed by atoms with Crippen molar-refractivity contribution in [3.05, 3.63) is 113 Å². The number of benzene rings is 3. The van der Waals surface area contributed by atoms with Gasteiger partial charge in [0.15, 0.2) is 14.1 Å². The molecular formula is C54H84O6Si3. The molecule has 4 rings (SSSR count). The van der Waals surface area contributed by atoms with Crippen LogP contribution in [0.5, 0.6) is 0 Å². The molecule has 0 N–H and O–H groups in total. The summed E-state index contributed by atoms with van der Waals surface area (Å²) < 4.78 is 34.4. The maximum absolute atomic E-state index is 13.8. The molecule has 0 aromatic heterocycles. The van der Waals surface area contributed by atoms with Gasteiger partial charge in [-0.1, -0.05) is 179 Å². The van der Waals surface area contributed by atoms with E-state index in [4.69, 9.17) is 23.1 Å². The number of hydrogen-bond acceptors (Lipinski definition) is 6. The van der Waals surface area contributed by atoms with Crippen molar-refractivity contribution in [2.75, 3.05) is 6.61 Å². The molecule has 9 heteroatoms. The van der Waals surface area contributed by atoms with Crippen LogP contribution in [0.3, 0.4) is 0 Å².